The first-order valence-electron chi connectivity index (χ1n) is 12.5. The molecule has 1 atom stereocenters. The third-order valence-electron chi connectivity index (χ3n) is 6.17. The highest BCUT2D eigenvalue weighted by atomic mass is 32.2. The molecule has 38 heavy (non-hydrogen) atoms. The third-order valence-corrected chi connectivity index (χ3v) is 7.99. The Bertz CT molecular complexity index is 1310. The number of rotatable bonds is 12. The van der Waals surface area contributed by atoms with Gasteiger partial charge in [-0.1, -0.05) is 67.1 Å². The maximum absolute atomic E-state index is 13.7. The Labute approximate surface area is 224 Å². The van der Waals surface area contributed by atoms with Gasteiger partial charge in [0.05, 0.1) is 11.4 Å². The van der Waals surface area contributed by atoms with Gasteiger partial charge < -0.3 is 10.2 Å². The monoisotopic (exact) mass is 539 g/mol. The molecule has 0 aliphatic heterocycles. The molecule has 3 aromatic rings. The van der Waals surface area contributed by atoms with Crippen molar-refractivity contribution in [3.63, 3.8) is 0 Å². The number of nitrogens with one attached hydrogen (secondary N) is 1. The number of hydrogen-bond donors (Lipinski definition) is 1. The van der Waals surface area contributed by atoms with E-state index in [0.29, 0.717) is 18.5 Å². The summed E-state index contributed by atoms with van der Waals surface area (Å²) in [5, 5.41) is 2.87. The Morgan fingerprint density at radius 1 is 0.921 bits per heavy atom. The van der Waals surface area contributed by atoms with Crippen molar-refractivity contribution < 1.29 is 22.4 Å². The zero-order chi connectivity index (χ0) is 27.7. The van der Waals surface area contributed by atoms with E-state index in [2.05, 4.69) is 5.32 Å². The zero-order valence-electron chi connectivity index (χ0n) is 21.9. The van der Waals surface area contributed by atoms with E-state index in [-0.39, 0.29) is 23.8 Å². The third kappa shape index (κ3) is 7.72. The lowest BCUT2D eigenvalue weighted by Gasteiger charge is -2.32. The van der Waals surface area contributed by atoms with Gasteiger partial charge in [-0.05, 0) is 48.7 Å². The highest BCUT2D eigenvalue weighted by molar-refractivity contribution is 7.89. The predicted molar refractivity (Wildman–Crippen MR) is 145 cm³/mol. The number of likely N-dealkylation sites (N-methyl/N-ethyl adjacent to an activating group) is 1. The van der Waals surface area contributed by atoms with Crippen LogP contribution in [0.15, 0.2) is 83.8 Å². The van der Waals surface area contributed by atoms with E-state index in [1.54, 1.807) is 24.3 Å². The van der Waals surface area contributed by atoms with Crippen molar-refractivity contribution >= 4 is 21.8 Å². The minimum absolute atomic E-state index is 0.00851. The molecule has 0 aliphatic carbocycles. The van der Waals surface area contributed by atoms with E-state index in [9.17, 15) is 22.4 Å². The van der Waals surface area contributed by atoms with Gasteiger partial charge >= 0.3 is 0 Å². The summed E-state index contributed by atoms with van der Waals surface area (Å²) in [6.45, 7) is 3.76. The van der Waals surface area contributed by atoms with Gasteiger partial charge in [0.25, 0.3) is 0 Å². The molecule has 0 spiro atoms. The maximum atomic E-state index is 13.7. The molecule has 7 nitrogen and oxygen atoms in total. The molecule has 0 bridgehead atoms. The molecular weight excluding hydrogens is 505 g/mol. The predicted octanol–water partition coefficient (Wildman–Crippen LogP) is 3.92. The van der Waals surface area contributed by atoms with Gasteiger partial charge in [0, 0.05) is 26.6 Å². The number of amides is 2. The maximum Gasteiger partial charge on any atom is 0.243 e. The van der Waals surface area contributed by atoms with Crippen molar-refractivity contribution in [3.05, 3.63) is 101 Å². The highest BCUT2D eigenvalue weighted by Gasteiger charge is 2.32. The molecule has 0 saturated heterocycles. The van der Waals surface area contributed by atoms with Crippen LogP contribution >= 0.6 is 0 Å². The molecule has 0 aromatic heterocycles. The first-order valence-corrected chi connectivity index (χ1v) is 13.9. The van der Waals surface area contributed by atoms with Crippen LogP contribution in [0.3, 0.4) is 0 Å². The fourth-order valence-electron chi connectivity index (χ4n) is 3.96. The molecule has 0 unspecified atom stereocenters. The van der Waals surface area contributed by atoms with Crippen molar-refractivity contribution in [2.75, 3.05) is 20.1 Å². The summed E-state index contributed by atoms with van der Waals surface area (Å²) in [5.74, 6) is -1.30. The summed E-state index contributed by atoms with van der Waals surface area (Å²) >= 11 is 0. The number of nitrogens with zero attached hydrogens (tertiary/aromatic N) is 2. The fraction of sp³-hybridized carbons (Fsp3) is 0.310. The van der Waals surface area contributed by atoms with Crippen LogP contribution in [0.2, 0.25) is 0 Å². The van der Waals surface area contributed by atoms with Gasteiger partial charge in [-0.3, -0.25) is 9.59 Å². The quantitative estimate of drug-likeness (QED) is 0.378. The molecule has 202 valence electrons. The Kier molecular flexibility index (Phi) is 10.2. The van der Waals surface area contributed by atoms with Crippen molar-refractivity contribution in [3.8, 4) is 0 Å². The van der Waals surface area contributed by atoms with Crippen LogP contribution in [-0.2, 0) is 32.6 Å². The standard InChI is InChI=1S/C29H34FN3O4S/c1-4-18-31-29(35)27(19-23-8-6-5-7-9-23)33(20-24-12-14-25(30)15-13-24)28(34)21-32(3)38(36,37)26-16-10-22(2)11-17-26/h5-17,27H,4,18-21H2,1-3H3,(H,31,35)/t27-/m0/s1. The van der Waals surface area contributed by atoms with Crippen LogP contribution in [0.1, 0.15) is 30.0 Å². The first-order chi connectivity index (χ1) is 18.1. The number of carbonyl (C=O) groups is 2. The van der Waals surface area contributed by atoms with Gasteiger partial charge in [-0.25, -0.2) is 12.8 Å². The molecule has 0 aliphatic rings. The van der Waals surface area contributed by atoms with Gasteiger partial charge in [-0.15, -0.1) is 0 Å². The summed E-state index contributed by atoms with van der Waals surface area (Å²) in [6.07, 6.45) is 0.949. The highest BCUT2D eigenvalue weighted by Crippen LogP contribution is 2.19. The van der Waals surface area contributed by atoms with Crippen LogP contribution in [0.5, 0.6) is 0 Å². The van der Waals surface area contributed by atoms with Crippen LogP contribution in [0, 0.1) is 12.7 Å². The Hall–Kier alpha value is -3.56. The molecule has 0 heterocycles. The molecule has 0 saturated carbocycles. The molecular formula is C29H34FN3O4S. The van der Waals surface area contributed by atoms with E-state index < -0.39 is 34.3 Å². The van der Waals surface area contributed by atoms with Crippen LogP contribution < -0.4 is 5.32 Å². The van der Waals surface area contributed by atoms with Crippen LogP contribution in [0.4, 0.5) is 4.39 Å². The average molecular weight is 540 g/mol. The molecule has 1 N–H and O–H groups in total. The number of hydrogen-bond acceptors (Lipinski definition) is 4. The lowest BCUT2D eigenvalue weighted by atomic mass is 10.0. The Morgan fingerprint density at radius 3 is 2.16 bits per heavy atom. The summed E-state index contributed by atoms with van der Waals surface area (Å²) < 4.78 is 40.9. The van der Waals surface area contributed by atoms with Gasteiger partial charge in [0.2, 0.25) is 21.8 Å². The van der Waals surface area contributed by atoms with Crippen molar-refractivity contribution in [1.82, 2.24) is 14.5 Å². The smallest absolute Gasteiger partial charge is 0.243 e. The van der Waals surface area contributed by atoms with Gasteiger partial charge in [0.15, 0.2) is 0 Å². The topological polar surface area (TPSA) is 86.8 Å². The number of benzene rings is 3. The largest absolute Gasteiger partial charge is 0.354 e. The zero-order valence-corrected chi connectivity index (χ0v) is 22.7. The average Bonchev–Trinajstić information content (AvgIpc) is 2.91. The second kappa shape index (κ2) is 13.3. The lowest BCUT2D eigenvalue weighted by molar-refractivity contribution is -0.141. The summed E-state index contributed by atoms with van der Waals surface area (Å²) in [4.78, 5) is 28.5. The molecule has 9 heteroatoms. The van der Waals surface area contributed by atoms with Crippen LogP contribution in [-0.4, -0.2) is 55.6 Å². The van der Waals surface area contributed by atoms with E-state index in [4.69, 9.17) is 0 Å². The fourth-order valence-corrected chi connectivity index (χ4v) is 5.08. The lowest BCUT2D eigenvalue weighted by Crippen LogP contribution is -2.53. The van der Waals surface area contributed by atoms with E-state index >= 15 is 0 Å². The second-order valence-corrected chi connectivity index (χ2v) is 11.3. The number of sulfonamides is 1. The Morgan fingerprint density at radius 2 is 1.55 bits per heavy atom. The van der Waals surface area contributed by atoms with Crippen molar-refractivity contribution in [2.24, 2.45) is 0 Å². The van der Waals surface area contributed by atoms with Crippen LogP contribution in [0.25, 0.3) is 0 Å². The molecule has 0 radical (unpaired) electrons. The van der Waals surface area contributed by atoms with E-state index in [1.807, 2.05) is 44.2 Å². The summed E-state index contributed by atoms with van der Waals surface area (Å²) in [6, 6.07) is 20.4. The minimum Gasteiger partial charge on any atom is -0.354 e. The summed E-state index contributed by atoms with van der Waals surface area (Å²) in [7, 11) is -2.61. The number of aryl methyl sites for hydroxylation is 1. The van der Waals surface area contributed by atoms with Crippen molar-refractivity contribution in [2.45, 2.75) is 44.2 Å². The molecule has 3 aromatic carbocycles. The number of halogens is 1. The number of carbonyl (C=O) groups excluding carboxylic acids is 2. The normalized spacial score (nSPS) is 12.2. The molecule has 0 fully saturated rings. The molecule has 3 rings (SSSR count). The molecule has 2 amide bonds. The van der Waals surface area contributed by atoms with Gasteiger partial charge in [0.1, 0.15) is 11.9 Å². The van der Waals surface area contributed by atoms with E-state index in [0.717, 1.165) is 15.4 Å². The first kappa shape index (κ1) is 29.0. The Balaban J connectivity index is 1.95. The SMILES string of the molecule is CCCNC(=O)[C@H](Cc1ccccc1)N(Cc1ccc(F)cc1)C(=O)CN(C)S(=O)(=O)c1ccc(C)cc1. The van der Waals surface area contributed by atoms with Gasteiger partial charge in [-0.2, -0.15) is 4.31 Å². The second-order valence-electron chi connectivity index (χ2n) is 9.22. The minimum atomic E-state index is -3.95. The summed E-state index contributed by atoms with van der Waals surface area (Å²) in [5.41, 5.74) is 2.38. The van der Waals surface area contributed by atoms with Crippen molar-refractivity contribution in [1.29, 1.82) is 0 Å². The van der Waals surface area contributed by atoms with E-state index in [1.165, 1.54) is 36.2 Å².